The Kier molecular flexibility index (Phi) is 5.97. The van der Waals surface area contributed by atoms with E-state index in [1.54, 1.807) is 0 Å². The minimum atomic E-state index is -3.06. The summed E-state index contributed by atoms with van der Waals surface area (Å²) in [5.74, 6) is 0.353. The summed E-state index contributed by atoms with van der Waals surface area (Å²) in [4.78, 5) is 0. The third-order valence-corrected chi connectivity index (χ3v) is 4.55. The molecule has 4 nitrogen and oxygen atoms in total. The molecule has 1 rings (SSSR count). The van der Waals surface area contributed by atoms with Gasteiger partial charge in [0.25, 0.3) is 0 Å². The van der Waals surface area contributed by atoms with Crippen molar-refractivity contribution in [3.05, 3.63) is 35.9 Å². The average molecular weight is 276 g/mol. The Bertz CT molecular complexity index is 416. The quantitative estimate of drug-likeness (QED) is 0.563. The standard InChI is InChI=1S/C11H16O4S2/c1-14-9-15-11(8-16-17(2,12)13)10-6-4-3-5-7-10/h3-7,11H,8-9H2,1-2H3/t11-/m1/s1. The monoisotopic (exact) mass is 276 g/mol. The number of ether oxygens (including phenoxy) is 2. The maximum Gasteiger partial charge on any atom is 0.198 e. The molecule has 1 atom stereocenters. The summed E-state index contributed by atoms with van der Waals surface area (Å²) in [6, 6.07) is 9.50. The van der Waals surface area contributed by atoms with E-state index in [9.17, 15) is 8.42 Å². The molecule has 0 aromatic heterocycles. The number of rotatable bonds is 7. The summed E-state index contributed by atoms with van der Waals surface area (Å²) in [6.45, 7) is 0.143. The van der Waals surface area contributed by atoms with Crippen molar-refractivity contribution in [3.63, 3.8) is 0 Å². The molecule has 96 valence electrons. The molecule has 0 unspecified atom stereocenters. The van der Waals surface area contributed by atoms with Crippen LogP contribution in [0.5, 0.6) is 0 Å². The highest BCUT2D eigenvalue weighted by atomic mass is 33.1. The SMILES string of the molecule is COCO[C@H](CSS(C)(=O)=O)c1ccccc1. The number of benzene rings is 1. The number of hydrogen-bond acceptors (Lipinski definition) is 5. The van der Waals surface area contributed by atoms with Crippen molar-refractivity contribution in [2.45, 2.75) is 6.10 Å². The van der Waals surface area contributed by atoms with Crippen LogP contribution in [0.1, 0.15) is 11.7 Å². The predicted molar refractivity (Wildman–Crippen MR) is 69.4 cm³/mol. The maximum absolute atomic E-state index is 11.1. The van der Waals surface area contributed by atoms with Gasteiger partial charge in [0.1, 0.15) is 6.79 Å². The van der Waals surface area contributed by atoms with Crippen molar-refractivity contribution in [1.82, 2.24) is 0 Å². The molecule has 0 saturated heterocycles. The van der Waals surface area contributed by atoms with Crippen LogP contribution in [0.3, 0.4) is 0 Å². The van der Waals surface area contributed by atoms with E-state index in [2.05, 4.69) is 0 Å². The summed E-state index contributed by atoms with van der Waals surface area (Å²) >= 11 is 0. The zero-order valence-corrected chi connectivity index (χ0v) is 11.5. The molecule has 6 heteroatoms. The van der Waals surface area contributed by atoms with Crippen LogP contribution in [0.15, 0.2) is 30.3 Å². The summed E-state index contributed by atoms with van der Waals surface area (Å²) in [5.41, 5.74) is 0.945. The topological polar surface area (TPSA) is 52.6 Å². The third-order valence-electron chi connectivity index (χ3n) is 1.99. The third kappa shape index (κ3) is 6.07. The van der Waals surface area contributed by atoms with Crippen LogP contribution in [0, 0.1) is 0 Å². The van der Waals surface area contributed by atoms with Gasteiger partial charge in [-0.05, 0) is 16.4 Å². The van der Waals surface area contributed by atoms with E-state index in [-0.39, 0.29) is 12.9 Å². The Morgan fingerprint density at radius 3 is 2.47 bits per heavy atom. The van der Waals surface area contributed by atoms with Gasteiger partial charge in [-0.2, -0.15) is 0 Å². The molecule has 0 fully saturated rings. The van der Waals surface area contributed by atoms with E-state index >= 15 is 0 Å². The fourth-order valence-electron chi connectivity index (χ4n) is 1.24. The van der Waals surface area contributed by atoms with Crippen molar-refractivity contribution >= 4 is 19.7 Å². The van der Waals surface area contributed by atoms with Gasteiger partial charge in [-0.15, -0.1) is 0 Å². The van der Waals surface area contributed by atoms with Gasteiger partial charge in [-0.25, -0.2) is 8.42 Å². The van der Waals surface area contributed by atoms with Crippen molar-refractivity contribution in [2.24, 2.45) is 0 Å². The van der Waals surface area contributed by atoms with Gasteiger partial charge in [-0.3, -0.25) is 0 Å². The second-order valence-corrected chi connectivity index (χ2v) is 7.96. The molecule has 0 aliphatic heterocycles. The lowest BCUT2D eigenvalue weighted by atomic mass is 10.1. The zero-order chi connectivity index (χ0) is 12.7. The minimum absolute atomic E-state index is 0.143. The molecule has 1 aromatic rings. The minimum Gasteiger partial charge on any atom is -0.359 e. The van der Waals surface area contributed by atoms with Gasteiger partial charge in [-0.1, -0.05) is 30.3 Å². The molecule has 0 bridgehead atoms. The molecule has 0 saturated carbocycles. The van der Waals surface area contributed by atoms with Crippen molar-refractivity contribution in [1.29, 1.82) is 0 Å². The summed E-state index contributed by atoms with van der Waals surface area (Å²) in [5, 5.41) is 0. The predicted octanol–water partition coefficient (Wildman–Crippen LogP) is 2.04. The Morgan fingerprint density at radius 2 is 1.94 bits per heavy atom. The fraction of sp³-hybridized carbons (Fsp3) is 0.455. The van der Waals surface area contributed by atoms with E-state index in [0.717, 1.165) is 16.4 Å². The van der Waals surface area contributed by atoms with E-state index in [1.165, 1.54) is 13.4 Å². The van der Waals surface area contributed by atoms with Gasteiger partial charge >= 0.3 is 0 Å². The van der Waals surface area contributed by atoms with Crippen LogP contribution < -0.4 is 0 Å². The molecule has 0 N–H and O–H groups in total. The highest BCUT2D eigenvalue weighted by Crippen LogP contribution is 2.24. The first-order valence-corrected chi connectivity index (χ1v) is 8.42. The molecular formula is C11H16O4S2. The van der Waals surface area contributed by atoms with Crippen LogP contribution in [-0.4, -0.2) is 34.3 Å². The largest absolute Gasteiger partial charge is 0.359 e. The van der Waals surface area contributed by atoms with E-state index in [0.29, 0.717) is 5.75 Å². The first kappa shape index (κ1) is 14.5. The Hall–Kier alpha value is -0.560. The number of hydrogen-bond donors (Lipinski definition) is 0. The van der Waals surface area contributed by atoms with Crippen molar-refractivity contribution in [3.8, 4) is 0 Å². The fourth-order valence-corrected chi connectivity index (χ4v) is 3.02. The maximum atomic E-state index is 11.1. The van der Waals surface area contributed by atoms with Crippen LogP contribution in [0.2, 0.25) is 0 Å². The van der Waals surface area contributed by atoms with Crippen LogP contribution >= 0.6 is 10.8 Å². The number of methoxy groups -OCH3 is 1. The van der Waals surface area contributed by atoms with Crippen molar-refractivity contribution < 1.29 is 17.9 Å². The second kappa shape index (κ2) is 7.00. The van der Waals surface area contributed by atoms with Gasteiger partial charge < -0.3 is 9.47 Å². The first-order valence-electron chi connectivity index (χ1n) is 5.03. The van der Waals surface area contributed by atoms with Gasteiger partial charge in [0.15, 0.2) is 8.87 Å². The smallest absolute Gasteiger partial charge is 0.198 e. The summed E-state index contributed by atoms with van der Waals surface area (Å²) < 4.78 is 32.5. The lowest BCUT2D eigenvalue weighted by Crippen LogP contribution is -2.10. The van der Waals surface area contributed by atoms with Crippen LogP contribution in [0.4, 0.5) is 0 Å². The molecule has 0 heterocycles. The van der Waals surface area contributed by atoms with Crippen LogP contribution in [-0.2, 0) is 18.3 Å². The molecule has 0 radical (unpaired) electrons. The lowest BCUT2D eigenvalue weighted by molar-refractivity contribution is -0.0648. The zero-order valence-electron chi connectivity index (χ0n) is 9.83. The van der Waals surface area contributed by atoms with E-state index in [1.807, 2.05) is 30.3 Å². The summed E-state index contributed by atoms with van der Waals surface area (Å²) in [6.07, 6.45) is 0.909. The molecule has 17 heavy (non-hydrogen) atoms. The van der Waals surface area contributed by atoms with Gasteiger partial charge in [0.05, 0.1) is 6.10 Å². The van der Waals surface area contributed by atoms with E-state index in [4.69, 9.17) is 9.47 Å². The Labute approximate surface area is 106 Å². The van der Waals surface area contributed by atoms with Gasteiger partial charge in [0, 0.05) is 19.1 Å². The summed E-state index contributed by atoms with van der Waals surface area (Å²) in [7, 11) is -0.644. The van der Waals surface area contributed by atoms with Crippen LogP contribution in [0.25, 0.3) is 0 Å². The highest BCUT2D eigenvalue weighted by molar-refractivity contribution is 8.71. The van der Waals surface area contributed by atoms with E-state index < -0.39 is 8.87 Å². The molecular weight excluding hydrogens is 260 g/mol. The first-order chi connectivity index (χ1) is 8.03. The van der Waals surface area contributed by atoms with Crippen molar-refractivity contribution in [2.75, 3.05) is 25.9 Å². The Balaban J connectivity index is 2.67. The molecule has 0 aliphatic rings. The Morgan fingerprint density at radius 1 is 1.29 bits per heavy atom. The highest BCUT2D eigenvalue weighted by Gasteiger charge is 2.15. The molecule has 0 spiro atoms. The normalized spacial score (nSPS) is 13.5. The molecule has 0 amide bonds. The second-order valence-electron chi connectivity index (χ2n) is 3.46. The molecule has 0 aliphatic carbocycles. The van der Waals surface area contributed by atoms with Gasteiger partial charge in [0.2, 0.25) is 0 Å². The molecule has 1 aromatic carbocycles. The average Bonchev–Trinajstić information content (AvgIpc) is 2.29. The lowest BCUT2D eigenvalue weighted by Gasteiger charge is -2.16.